The minimum Gasteiger partial charge on any atom is -0.412 e. The number of nitrogens with one attached hydrogen (secondary N) is 3. The Labute approximate surface area is 137 Å². The summed E-state index contributed by atoms with van der Waals surface area (Å²) in [7, 11) is 0.229. The Kier molecular flexibility index (Phi) is 8.65. The SMILES string of the molecule is CNCCc1c[nH]c2ccc(CCS(=O)(=O)NC)cc12.Cl.O. The maximum absolute atomic E-state index is 11.5. The zero-order valence-corrected chi connectivity index (χ0v) is 14.4. The van der Waals surface area contributed by atoms with E-state index in [2.05, 4.69) is 21.1 Å². The van der Waals surface area contributed by atoms with E-state index in [-0.39, 0.29) is 23.6 Å². The highest BCUT2D eigenvalue weighted by Crippen LogP contribution is 2.20. The van der Waals surface area contributed by atoms with E-state index in [1.807, 2.05) is 25.4 Å². The third-order valence-electron chi connectivity index (χ3n) is 3.45. The molecule has 0 amide bonds. The lowest BCUT2D eigenvalue weighted by molar-refractivity contribution is 0.587. The minimum absolute atomic E-state index is 0. The summed E-state index contributed by atoms with van der Waals surface area (Å²) < 4.78 is 25.3. The zero-order valence-electron chi connectivity index (χ0n) is 12.8. The van der Waals surface area contributed by atoms with Crippen LogP contribution < -0.4 is 10.0 Å². The molecule has 0 aliphatic carbocycles. The van der Waals surface area contributed by atoms with Crippen LogP contribution in [-0.2, 0) is 22.9 Å². The number of H-pyrrole nitrogens is 1. The van der Waals surface area contributed by atoms with Crippen molar-refractivity contribution in [1.29, 1.82) is 0 Å². The second-order valence-electron chi connectivity index (χ2n) is 4.82. The van der Waals surface area contributed by atoms with E-state index in [4.69, 9.17) is 0 Å². The van der Waals surface area contributed by atoms with Crippen LogP contribution in [0.2, 0.25) is 0 Å². The lowest BCUT2D eigenvalue weighted by Gasteiger charge is -2.04. The largest absolute Gasteiger partial charge is 0.412 e. The van der Waals surface area contributed by atoms with Crippen molar-refractivity contribution in [1.82, 2.24) is 15.0 Å². The summed E-state index contributed by atoms with van der Waals surface area (Å²) in [4.78, 5) is 3.25. The standard InChI is InChI=1S/C14H21N3O2S.ClH.H2O/c1-15-7-5-12-10-17-14-4-3-11(9-13(12)14)6-8-20(18,19)16-2;;/h3-4,9-10,15-17H,5-8H2,1-2H3;1H;1H2. The van der Waals surface area contributed by atoms with Gasteiger partial charge in [0, 0.05) is 17.1 Å². The smallest absolute Gasteiger partial charge is 0.211 e. The second-order valence-corrected chi connectivity index (χ2v) is 6.87. The van der Waals surface area contributed by atoms with Crippen molar-refractivity contribution in [3.63, 3.8) is 0 Å². The molecule has 1 heterocycles. The number of aromatic nitrogens is 1. The van der Waals surface area contributed by atoms with Crippen LogP contribution in [0.3, 0.4) is 0 Å². The van der Waals surface area contributed by atoms with Gasteiger partial charge in [-0.05, 0) is 56.7 Å². The van der Waals surface area contributed by atoms with Gasteiger partial charge in [0.15, 0.2) is 0 Å². The van der Waals surface area contributed by atoms with Crippen LogP contribution in [0.4, 0.5) is 0 Å². The average molecular weight is 350 g/mol. The first-order valence-electron chi connectivity index (χ1n) is 6.70. The van der Waals surface area contributed by atoms with Gasteiger partial charge in [-0.3, -0.25) is 0 Å². The summed E-state index contributed by atoms with van der Waals surface area (Å²) in [6, 6.07) is 6.08. The van der Waals surface area contributed by atoms with E-state index in [1.54, 1.807) is 0 Å². The van der Waals surface area contributed by atoms with E-state index in [0.29, 0.717) is 6.42 Å². The van der Waals surface area contributed by atoms with Crippen LogP contribution in [0.25, 0.3) is 10.9 Å². The van der Waals surface area contributed by atoms with E-state index >= 15 is 0 Å². The van der Waals surface area contributed by atoms with Crippen molar-refractivity contribution in [3.8, 4) is 0 Å². The van der Waals surface area contributed by atoms with Crippen LogP contribution in [0.15, 0.2) is 24.4 Å². The van der Waals surface area contributed by atoms with Crippen molar-refractivity contribution in [2.24, 2.45) is 0 Å². The van der Waals surface area contributed by atoms with Gasteiger partial charge >= 0.3 is 0 Å². The quantitative estimate of drug-likeness (QED) is 0.682. The molecule has 1 aromatic heterocycles. The van der Waals surface area contributed by atoms with E-state index in [0.717, 1.165) is 24.0 Å². The van der Waals surface area contributed by atoms with Crippen LogP contribution in [0.5, 0.6) is 0 Å². The molecule has 2 rings (SSSR count). The third-order valence-corrected chi connectivity index (χ3v) is 4.81. The lowest BCUT2D eigenvalue weighted by Crippen LogP contribution is -2.23. The first kappa shape index (κ1) is 20.9. The normalized spacial score (nSPS) is 11.0. The molecule has 2 aromatic rings. The topological polar surface area (TPSA) is 105 Å². The summed E-state index contributed by atoms with van der Waals surface area (Å²) >= 11 is 0. The molecular formula is C14H24ClN3O3S. The molecule has 0 fully saturated rings. The Morgan fingerprint density at radius 2 is 1.91 bits per heavy atom. The molecule has 126 valence electrons. The fourth-order valence-corrected chi connectivity index (χ4v) is 2.91. The van der Waals surface area contributed by atoms with Gasteiger partial charge in [-0.2, -0.15) is 0 Å². The molecule has 0 atom stereocenters. The maximum Gasteiger partial charge on any atom is 0.211 e. The van der Waals surface area contributed by atoms with Gasteiger partial charge in [-0.1, -0.05) is 6.07 Å². The molecular weight excluding hydrogens is 326 g/mol. The first-order chi connectivity index (χ1) is 9.55. The lowest BCUT2D eigenvalue weighted by atomic mass is 10.1. The molecule has 0 aliphatic rings. The number of rotatable bonds is 7. The Morgan fingerprint density at radius 1 is 1.18 bits per heavy atom. The number of hydrogen-bond acceptors (Lipinski definition) is 3. The van der Waals surface area contributed by atoms with Gasteiger partial charge in [-0.15, -0.1) is 12.4 Å². The molecule has 0 saturated heterocycles. The maximum atomic E-state index is 11.5. The molecule has 0 spiro atoms. The van der Waals surface area contributed by atoms with Gasteiger partial charge in [-0.25, -0.2) is 13.1 Å². The molecule has 0 bridgehead atoms. The minimum atomic E-state index is -3.15. The second kappa shape index (κ2) is 9.12. The third kappa shape index (κ3) is 5.26. The predicted octanol–water partition coefficient (Wildman–Crippen LogP) is 0.619. The number of likely N-dealkylation sites (N-methyl/N-ethyl adjacent to an activating group) is 1. The summed E-state index contributed by atoms with van der Waals surface area (Å²) in [5.41, 5.74) is 3.39. The highest BCUT2D eigenvalue weighted by atomic mass is 35.5. The zero-order chi connectivity index (χ0) is 14.6. The summed E-state index contributed by atoms with van der Waals surface area (Å²) in [5, 5.41) is 4.32. The Hall–Kier alpha value is -1.12. The van der Waals surface area contributed by atoms with Crippen LogP contribution in [0.1, 0.15) is 11.1 Å². The predicted molar refractivity (Wildman–Crippen MR) is 93.3 cm³/mol. The monoisotopic (exact) mass is 349 g/mol. The molecule has 0 saturated carbocycles. The highest BCUT2D eigenvalue weighted by Gasteiger charge is 2.09. The van der Waals surface area contributed by atoms with Crippen molar-refractivity contribution < 1.29 is 13.9 Å². The summed E-state index contributed by atoms with van der Waals surface area (Å²) in [6.45, 7) is 0.922. The number of aryl methyl sites for hydroxylation is 1. The first-order valence-corrected chi connectivity index (χ1v) is 8.35. The molecule has 8 heteroatoms. The van der Waals surface area contributed by atoms with Gasteiger partial charge in [0.25, 0.3) is 0 Å². The average Bonchev–Trinajstić information content (AvgIpc) is 2.85. The highest BCUT2D eigenvalue weighted by molar-refractivity contribution is 7.89. The Morgan fingerprint density at radius 3 is 2.55 bits per heavy atom. The van der Waals surface area contributed by atoms with Crippen molar-refractivity contribution >= 4 is 33.3 Å². The number of hydrogen-bond donors (Lipinski definition) is 3. The van der Waals surface area contributed by atoms with Gasteiger partial charge in [0.2, 0.25) is 10.0 Å². The summed E-state index contributed by atoms with van der Waals surface area (Å²) in [5.74, 6) is 0.116. The number of aromatic amines is 1. The number of benzene rings is 1. The van der Waals surface area contributed by atoms with E-state index < -0.39 is 10.0 Å². The van der Waals surface area contributed by atoms with E-state index in [1.165, 1.54) is 18.0 Å². The van der Waals surface area contributed by atoms with Gasteiger partial charge < -0.3 is 15.8 Å². The summed E-state index contributed by atoms with van der Waals surface area (Å²) in [6.07, 6.45) is 3.50. The molecule has 0 radical (unpaired) electrons. The Balaban J connectivity index is 0.00000220. The van der Waals surface area contributed by atoms with Crippen molar-refractivity contribution in [3.05, 3.63) is 35.5 Å². The van der Waals surface area contributed by atoms with Crippen molar-refractivity contribution in [2.45, 2.75) is 12.8 Å². The van der Waals surface area contributed by atoms with Crippen LogP contribution >= 0.6 is 12.4 Å². The fraction of sp³-hybridized carbons (Fsp3) is 0.429. The van der Waals surface area contributed by atoms with Gasteiger partial charge in [0.05, 0.1) is 5.75 Å². The number of halogens is 1. The Bertz CT molecular complexity index is 686. The molecule has 5 N–H and O–H groups in total. The molecule has 6 nitrogen and oxygen atoms in total. The van der Waals surface area contributed by atoms with Crippen LogP contribution in [0, 0.1) is 0 Å². The van der Waals surface area contributed by atoms with E-state index in [9.17, 15) is 8.42 Å². The number of sulfonamides is 1. The molecule has 22 heavy (non-hydrogen) atoms. The molecule has 0 aliphatic heterocycles. The molecule has 1 aromatic carbocycles. The molecule has 0 unspecified atom stereocenters. The fourth-order valence-electron chi connectivity index (χ4n) is 2.20. The van der Waals surface area contributed by atoms with Crippen molar-refractivity contribution in [2.75, 3.05) is 26.4 Å². The van der Waals surface area contributed by atoms with Crippen LogP contribution in [-0.4, -0.2) is 45.3 Å². The number of fused-ring (bicyclic) bond motifs is 1. The van der Waals surface area contributed by atoms with Gasteiger partial charge in [0.1, 0.15) is 0 Å².